The molecule has 0 saturated carbocycles. The summed E-state index contributed by atoms with van der Waals surface area (Å²) in [4.78, 5) is 18.2. The van der Waals surface area contributed by atoms with Crippen molar-refractivity contribution in [1.82, 2.24) is 9.88 Å². The summed E-state index contributed by atoms with van der Waals surface area (Å²) in [6.07, 6.45) is 1.69. The molecule has 1 unspecified atom stereocenters. The molecule has 0 aliphatic heterocycles. The van der Waals surface area contributed by atoms with Crippen LogP contribution in [0.25, 0.3) is 0 Å². The van der Waals surface area contributed by atoms with E-state index in [2.05, 4.69) is 10.4 Å². The second kappa shape index (κ2) is 7.60. The molecule has 0 aliphatic rings. The second-order valence-electron chi connectivity index (χ2n) is 5.20. The van der Waals surface area contributed by atoms with Gasteiger partial charge in [0.25, 0.3) is 0 Å². The Balaban J connectivity index is 2.39. The van der Waals surface area contributed by atoms with Crippen LogP contribution in [0.1, 0.15) is 44.3 Å². The molecule has 1 aromatic rings. The van der Waals surface area contributed by atoms with E-state index in [0.29, 0.717) is 13.0 Å². The maximum Gasteiger partial charge on any atom is 0.222 e. The molecule has 4 nitrogen and oxygen atoms in total. The van der Waals surface area contributed by atoms with Crippen molar-refractivity contribution in [2.75, 3.05) is 6.54 Å². The Bertz CT molecular complexity index is 402. The Labute approximate surface area is 119 Å². The van der Waals surface area contributed by atoms with Crippen LogP contribution in [0, 0.1) is 6.92 Å². The Morgan fingerprint density at radius 3 is 2.63 bits per heavy atom. The molecule has 0 radical (unpaired) electrons. The van der Waals surface area contributed by atoms with Crippen LogP contribution in [0.3, 0.4) is 0 Å². The molecule has 5 heteroatoms. The monoisotopic (exact) mass is 284 g/mol. The number of aliphatic hydroxyl groups is 1. The number of hydrogen-bond acceptors (Lipinski definition) is 4. The molecule has 108 valence electrons. The lowest BCUT2D eigenvalue weighted by molar-refractivity contribution is -0.134. The molecule has 0 bridgehead atoms. The average Bonchev–Trinajstić information content (AvgIpc) is 2.71. The van der Waals surface area contributed by atoms with Crippen LogP contribution in [0.4, 0.5) is 0 Å². The SMILES string of the molecule is Cc1nc(CCCC(=O)N(CC(C)O)C(C)C)cs1. The van der Waals surface area contributed by atoms with Gasteiger partial charge in [-0.05, 0) is 40.5 Å². The number of carbonyl (C=O) groups excluding carboxylic acids is 1. The smallest absolute Gasteiger partial charge is 0.222 e. The zero-order valence-corrected chi connectivity index (χ0v) is 13.0. The van der Waals surface area contributed by atoms with E-state index >= 15 is 0 Å². The number of rotatable bonds is 7. The molecule has 1 rings (SSSR count). The van der Waals surface area contributed by atoms with Gasteiger partial charge in [0, 0.05) is 24.4 Å². The molecule has 0 aliphatic carbocycles. The molecule has 19 heavy (non-hydrogen) atoms. The Morgan fingerprint density at radius 2 is 2.16 bits per heavy atom. The minimum absolute atomic E-state index is 0.114. The lowest BCUT2D eigenvalue weighted by Gasteiger charge is -2.28. The first-order chi connectivity index (χ1) is 8.90. The predicted molar refractivity (Wildman–Crippen MR) is 78.3 cm³/mol. The van der Waals surface area contributed by atoms with E-state index in [9.17, 15) is 9.90 Å². The molecule has 1 heterocycles. The second-order valence-corrected chi connectivity index (χ2v) is 6.26. The summed E-state index contributed by atoms with van der Waals surface area (Å²) in [5.74, 6) is 0.114. The molecule has 1 aromatic heterocycles. The normalized spacial score (nSPS) is 12.7. The van der Waals surface area contributed by atoms with E-state index in [-0.39, 0.29) is 11.9 Å². The number of nitrogens with zero attached hydrogens (tertiary/aromatic N) is 2. The third-order valence-corrected chi connectivity index (χ3v) is 3.72. The largest absolute Gasteiger partial charge is 0.392 e. The van der Waals surface area contributed by atoms with Gasteiger partial charge in [0.2, 0.25) is 5.91 Å². The van der Waals surface area contributed by atoms with Gasteiger partial charge in [-0.1, -0.05) is 0 Å². The molecular weight excluding hydrogens is 260 g/mol. The van der Waals surface area contributed by atoms with Gasteiger partial charge in [-0.2, -0.15) is 0 Å². The van der Waals surface area contributed by atoms with Gasteiger partial charge in [-0.25, -0.2) is 4.98 Å². The van der Waals surface area contributed by atoms with Gasteiger partial charge in [-0.3, -0.25) is 4.79 Å². The fraction of sp³-hybridized carbons (Fsp3) is 0.714. The molecule has 0 spiro atoms. The first-order valence-corrected chi connectivity index (χ1v) is 7.66. The topological polar surface area (TPSA) is 53.4 Å². The highest BCUT2D eigenvalue weighted by Crippen LogP contribution is 2.12. The number of thiazole rings is 1. The molecule has 1 atom stereocenters. The Morgan fingerprint density at radius 1 is 1.47 bits per heavy atom. The van der Waals surface area contributed by atoms with Crippen molar-refractivity contribution in [3.05, 3.63) is 16.1 Å². The van der Waals surface area contributed by atoms with E-state index in [1.807, 2.05) is 20.8 Å². The first kappa shape index (κ1) is 16.1. The number of aliphatic hydroxyl groups excluding tert-OH is 1. The standard InChI is InChI=1S/C14H24N2O2S/c1-10(2)16(8-11(3)17)14(18)7-5-6-13-9-19-12(4)15-13/h9-11,17H,5-8H2,1-4H3. The lowest BCUT2D eigenvalue weighted by atomic mass is 10.1. The zero-order valence-electron chi connectivity index (χ0n) is 12.2. The van der Waals surface area contributed by atoms with Crippen LogP contribution in [0.2, 0.25) is 0 Å². The minimum atomic E-state index is -0.479. The predicted octanol–water partition coefficient (Wildman–Crippen LogP) is 2.39. The summed E-state index contributed by atoms with van der Waals surface area (Å²) in [7, 11) is 0. The van der Waals surface area contributed by atoms with Gasteiger partial charge in [-0.15, -0.1) is 11.3 Å². The average molecular weight is 284 g/mol. The van der Waals surface area contributed by atoms with Crippen LogP contribution in [0.15, 0.2) is 5.38 Å². The number of hydrogen-bond donors (Lipinski definition) is 1. The van der Waals surface area contributed by atoms with Crippen LogP contribution < -0.4 is 0 Å². The van der Waals surface area contributed by atoms with Crippen LogP contribution in [0.5, 0.6) is 0 Å². The van der Waals surface area contributed by atoms with Gasteiger partial charge in [0.05, 0.1) is 16.8 Å². The molecular formula is C14H24N2O2S. The molecule has 0 fully saturated rings. The van der Waals surface area contributed by atoms with Crippen molar-refractivity contribution in [2.24, 2.45) is 0 Å². The van der Waals surface area contributed by atoms with Crippen molar-refractivity contribution in [1.29, 1.82) is 0 Å². The first-order valence-electron chi connectivity index (χ1n) is 6.78. The van der Waals surface area contributed by atoms with E-state index < -0.39 is 6.10 Å². The summed E-state index contributed by atoms with van der Waals surface area (Å²) in [5, 5.41) is 12.5. The highest BCUT2D eigenvalue weighted by Gasteiger charge is 2.18. The van der Waals surface area contributed by atoms with Crippen molar-refractivity contribution < 1.29 is 9.90 Å². The summed E-state index contributed by atoms with van der Waals surface area (Å²) in [6.45, 7) is 8.06. The van der Waals surface area contributed by atoms with Crippen LogP contribution in [-0.4, -0.2) is 39.6 Å². The van der Waals surface area contributed by atoms with E-state index in [0.717, 1.165) is 23.5 Å². The molecule has 0 aromatic carbocycles. The van der Waals surface area contributed by atoms with E-state index in [1.54, 1.807) is 23.2 Å². The summed E-state index contributed by atoms with van der Waals surface area (Å²) >= 11 is 1.64. The van der Waals surface area contributed by atoms with Crippen molar-refractivity contribution >= 4 is 17.2 Å². The number of aryl methyl sites for hydroxylation is 2. The Hall–Kier alpha value is -0.940. The van der Waals surface area contributed by atoms with Gasteiger partial charge >= 0.3 is 0 Å². The fourth-order valence-corrected chi connectivity index (χ4v) is 2.62. The zero-order chi connectivity index (χ0) is 14.4. The third-order valence-electron chi connectivity index (χ3n) is 2.89. The van der Waals surface area contributed by atoms with Gasteiger partial charge in [0.1, 0.15) is 0 Å². The third kappa shape index (κ3) is 5.70. The van der Waals surface area contributed by atoms with Gasteiger partial charge < -0.3 is 10.0 Å². The maximum atomic E-state index is 12.1. The van der Waals surface area contributed by atoms with Crippen molar-refractivity contribution in [2.45, 2.75) is 59.1 Å². The van der Waals surface area contributed by atoms with Crippen LogP contribution in [-0.2, 0) is 11.2 Å². The summed E-state index contributed by atoms with van der Waals surface area (Å²) in [5.41, 5.74) is 1.07. The summed E-state index contributed by atoms with van der Waals surface area (Å²) in [6, 6.07) is 0.128. The maximum absolute atomic E-state index is 12.1. The fourth-order valence-electron chi connectivity index (χ4n) is 1.97. The minimum Gasteiger partial charge on any atom is -0.392 e. The quantitative estimate of drug-likeness (QED) is 0.836. The summed E-state index contributed by atoms with van der Waals surface area (Å²) < 4.78 is 0. The molecule has 0 saturated heterocycles. The van der Waals surface area contributed by atoms with E-state index in [1.165, 1.54) is 0 Å². The highest BCUT2D eigenvalue weighted by atomic mass is 32.1. The van der Waals surface area contributed by atoms with E-state index in [4.69, 9.17) is 0 Å². The molecule has 1 N–H and O–H groups in total. The lowest BCUT2D eigenvalue weighted by Crippen LogP contribution is -2.41. The Kier molecular flexibility index (Phi) is 6.45. The molecule has 1 amide bonds. The number of aromatic nitrogens is 1. The van der Waals surface area contributed by atoms with Crippen molar-refractivity contribution in [3.63, 3.8) is 0 Å². The van der Waals surface area contributed by atoms with Crippen molar-refractivity contribution in [3.8, 4) is 0 Å². The van der Waals surface area contributed by atoms with Crippen LogP contribution >= 0.6 is 11.3 Å². The van der Waals surface area contributed by atoms with Gasteiger partial charge in [0.15, 0.2) is 0 Å². The highest BCUT2D eigenvalue weighted by molar-refractivity contribution is 7.09. The number of amides is 1. The number of carbonyl (C=O) groups is 1.